The molecule has 2 fully saturated rings. The summed E-state index contributed by atoms with van der Waals surface area (Å²) in [5.41, 5.74) is 1.03. The summed E-state index contributed by atoms with van der Waals surface area (Å²) in [5.74, 6) is -0.138. The Bertz CT molecular complexity index is 605. The van der Waals surface area contributed by atoms with Crippen molar-refractivity contribution < 1.29 is 9.59 Å². The number of hydrogen-bond donors (Lipinski definition) is 1. The lowest BCUT2D eigenvalue weighted by Gasteiger charge is -2.30. The number of carbonyl (C=O) groups excluding carboxylic acids is 2. The Hall–Kier alpha value is -1.36. The van der Waals surface area contributed by atoms with Gasteiger partial charge in [-0.05, 0) is 72.7 Å². The number of amides is 2. The molecule has 1 N–H and O–H groups in total. The monoisotopic (exact) mass is 364 g/mol. The molecular formula is C17H21BrN2O2. The molecular weight excluding hydrogens is 344 g/mol. The molecule has 0 radical (unpaired) electrons. The number of likely N-dealkylation sites (tertiary alicyclic amines) is 1. The summed E-state index contributed by atoms with van der Waals surface area (Å²) in [6, 6.07) is 5.78. The van der Waals surface area contributed by atoms with E-state index in [1.165, 1.54) is 6.42 Å². The van der Waals surface area contributed by atoms with E-state index < -0.39 is 5.41 Å². The van der Waals surface area contributed by atoms with Crippen LogP contribution in [0, 0.1) is 12.3 Å². The number of piperidine rings is 1. The van der Waals surface area contributed by atoms with Gasteiger partial charge in [0.2, 0.25) is 11.8 Å². The topological polar surface area (TPSA) is 49.4 Å². The quantitative estimate of drug-likeness (QED) is 0.834. The van der Waals surface area contributed by atoms with Crippen molar-refractivity contribution in [1.29, 1.82) is 0 Å². The van der Waals surface area contributed by atoms with Crippen LogP contribution in [0.4, 0.5) is 5.69 Å². The third-order valence-electron chi connectivity index (χ3n) is 4.61. The van der Waals surface area contributed by atoms with E-state index in [2.05, 4.69) is 21.2 Å². The standard InChI is InChI=1S/C17H21BrN2O2/c1-12-5-6-14(13(18)11-12)19-15(21)17(7-8-17)16(22)20-9-3-2-4-10-20/h5-6,11H,2-4,7-10H2,1H3,(H,19,21). The summed E-state index contributed by atoms with van der Waals surface area (Å²) in [6.07, 6.45) is 4.61. The first kappa shape index (κ1) is 15.5. The van der Waals surface area contributed by atoms with Crippen molar-refractivity contribution in [2.45, 2.75) is 39.0 Å². The van der Waals surface area contributed by atoms with Crippen LogP contribution >= 0.6 is 15.9 Å². The van der Waals surface area contributed by atoms with Crippen LogP contribution in [0.5, 0.6) is 0 Å². The van der Waals surface area contributed by atoms with Gasteiger partial charge in [-0.2, -0.15) is 0 Å². The molecule has 1 saturated heterocycles. The third kappa shape index (κ3) is 2.91. The second-order valence-electron chi connectivity index (χ2n) is 6.37. The van der Waals surface area contributed by atoms with Crippen LogP contribution in [-0.2, 0) is 9.59 Å². The minimum absolute atomic E-state index is 0.0212. The summed E-state index contributed by atoms with van der Waals surface area (Å²) in [5, 5.41) is 2.93. The molecule has 1 aliphatic heterocycles. The van der Waals surface area contributed by atoms with Gasteiger partial charge in [-0.1, -0.05) is 6.07 Å². The normalized spacial score (nSPS) is 19.6. The Balaban J connectivity index is 1.72. The molecule has 118 valence electrons. The van der Waals surface area contributed by atoms with Crippen LogP contribution in [0.25, 0.3) is 0 Å². The maximum atomic E-state index is 12.7. The number of aryl methyl sites for hydroxylation is 1. The van der Waals surface area contributed by atoms with Gasteiger partial charge in [0, 0.05) is 17.6 Å². The van der Waals surface area contributed by atoms with Crippen molar-refractivity contribution in [3.8, 4) is 0 Å². The molecule has 1 aromatic rings. The number of rotatable bonds is 3. The maximum Gasteiger partial charge on any atom is 0.240 e. The average Bonchev–Trinajstić information content (AvgIpc) is 3.32. The summed E-state index contributed by atoms with van der Waals surface area (Å²) in [4.78, 5) is 27.2. The SMILES string of the molecule is Cc1ccc(NC(=O)C2(C(=O)N3CCCCC3)CC2)c(Br)c1. The lowest BCUT2D eigenvalue weighted by molar-refractivity contribution is -0.143. The molecule has 2 amide bonds. The van der Waals surface area contributed by atoms with E-state index in [9.17, 15) is 9.59 Å². The van der Waals surface area contributed by atoms with E-state index in [1.54, 1.807) is 0 Å². The Morgan fingerprint density at radius 1 is 1.18 bits per heavy atom. The van der Waals surface area contributed by atoms with Gasteiger partial charge < -0.3 is 10.2 Å². The molecule has 5 heteroatoms. The van der Waals surface area contributed by atoms with Crippen molar-refractivity contribution in [1.82, 2.24) is 4.90 Å². The molecule has 0 unspecified atom stereocenters. The smallest absolute Gasteiger partial charge is 0.240 e. The number of halogens is 1. The predicted octanol–water partition coefficient (Wildman–Crippen LogP) is 3.49. The highest BCUT2D eigenvalue weighted by Gasteiger charge is 2.58. The van der Waals surface area contributed by atoms with Crippen molar-refractivity contribution in [3.05, 3.63) is 28.2 Å². The Labute approximate surface area is 139 Å². The van der Waals surface area contributed by atoms with E-state index >= 15 is 0 Å². The van der Waals surface area contributed by atoms with Crippen molar-refractivity contribution in [3.63, 3.8) is 0 Å². The summed E-state index contributed by atoms with van der Waals surface area (Å²) in [6.45, 7) is 3.59. The second-order valence-corrected chi connectivity index (χ2v) is 7.23. The molecule has 1 aliphatic carbocycles. The molecule has 1 heterocycles. The third-order valence-corrected chi connectivity index (χ3v) is 5.27. The van der Waals surface area contributed by atoms with E-state index in [1.807, 2.05) is 30.0 Å². The zero-order valence-electron chi connectivity index (χ0n) is 12.8. The summed E-state index contributed by atoms with van der Waals surface area (Å²) >= 11 is 3.47. The number of benzene rings is 1. The van der Waals surface area contributed by atoms with Crippen LogP contribution in [0.1, 0.15) is 37.7 Å². The number of nitrogens with zero attached hydrogens (tertiary/aromatic N) is 1. The highest BCUT2D eigenvalue weighted by molar-refractivity contribution is 9.10. The van der Waals surface area contributed by atoms with Gasteiger partial charge in [0.05, 0.1) is 5.69 Å². The maximum absolute atomic E-state index is 12.7. The van der Waals surface area contributed by atoms with E-state index in [-0.39, 0.29) is 11.8 Å². The minimum Gasteiger partial charge on any atom is -0.342 e. The molecule has 4 nitrogen and oxygen atoms in total. The fraction of sp³-hybridized carbons (Fsp3) is 0.529. The molecule has 1 saturated carbocycles. The minimum atomic E-state index is -0.818. The van der Waals surface area contributed by atoms with Gasteiger partial charge >= 0.3 is 0 Å². The van der Waals surface area contributed by atoms with Crippen molar-refractivity contribution in [2.75, 3.05) is 18.4 Å². The first-order chi connectivity index (χ1) is 10.5. The zero-order valence-corrected chi connectivity index (χ0v) is 14.4. The first-order valence-electron chi connectivity index (χ1n) is 7.90. The lowest BCUT2D eigenvalue weighted by Crippen LogP contribution is -2.45. The van der Waals surface area contributed by atoms with E-state index in [0.717, 1.165) is 41.7 Å². The van der Waals surface area contributed by atoms with Gasteiger partial charge in [-0.3, -0.25) is 9.59 Å². The molecule has 3 rings (SSSR count). The molecule has 1 aromatic carbocycles. The number of carbonyl (C=O) groups is 2. The summed E-state index contributed by atoms with van der Waals surface area (Å²) < 4.78 is 0.849. The Kier molecular flexibility index (Phi) is 4.26. The largest absolute Gasteiger partial charge is 0.342 e. The highest BCUT2D eigenvalue weighted by atomic mass is 79.9. The van der Waals surface area contributed by atoms with Crippen LogP contribution in [0.3, 0.4) is 0 Å². The van der Waals surface area contributed by atoms with Crippen LogP contribution in [0.15, 0.2) is 22.7 Å². The van der Waals surface area contributed by atoms with Crippen LogP contribution in [-0.4, -0.2) is 29.8 Å². The molecule has 0 atom stereocenters. The number of hydrogen-bond acceptors (Lipinski definition) is 2. The number of nitrogens with one attached hydrogen (secondary N) is 1. The molecule has 2 aliphatic rings. The molecule has 0 aromatic heterocycles. The fourth-order valence-corrected chi connectivity index (χ4v) is 3.62. The lowest BCUT2D eigenvalue weighted by atomic mass is 10.0. The van der Waals surface area contributed by atoms with Gasteiger partial charge in [-0.25, -0.2) is 0 Å². The highest BCUT2D eigenvalue weighted by Crippen LogP contribution is 2.48. The van der Waals surface area contributed by atoms with E-state index in [4.69, 9.17) is 0 Å². The predicted molar refractivity (Wildman–Crippen MR) is 89.6 cm³/mol. The zero-order chi connectivity index (χ0) is 15.7. The Morgan fingerprint density at radius 3 is 2.45 bits per heavy atom. The number of anilines is 1. The van der Waals surface area contributed by atoms with Gasteiger partial charge in [0.25, 0.3) is 0 Å². The van der Waals surface area contributed by atoms with E-state index in [0.29, 0.717) is 12.8 Å². The van der Waals surface area contributed by atoms with Crippen molar-refractivity contribution >= 4 is 33.4 Å². The molecule has 22 heavy (non-hydrogen) atoms. The molecule has 0 bridgehead atoms. The first-order valence-corrected chi connectivity index (χ1v) is 8.69. The molecule has 0 spiro atoms. The second kappa shape index (κ2) is 6.03. The summed E-state index contributed by atoms with van der Waals surface area (Å²) in [7, 11) is 0. The Morgan fingerprint density at radius 2 is 1.86 bits per heavy atom. The van der Waals surface area contributed by atoms with Gasteiger partial charge in [0.15, 0.2) is 0 Å². The average molecular weight is 365 g/mol. The van der Waals surface area contributed by atoms with Gasteiger partial charge in [0.1, 0.15) is 5.41 Å². The van der Waals surface area contributed by atoms with Gasteiger partial charge in [-0.15, -0.1) is 0 Å². The van der Waals surface area contributed by atoms with Crippen LogP contribution in [0.2, 0.25) is 0 Å². The fourth-order valence-electron chi connectivity index (χ4n) is 3.03. The van der Waals surface area contributed by atoms with Crippen molar-refractivity contribution in [2.24, 2.45) is 5.41 Å². The van der Waals surface area contributed by atoms with Crippen LogP contribution < -0.4 is 5.32 Å².